The van der Waals surface area contributed by atoms with Gasteiger partial charge in [-0.05, 0) is 49.4 Å². The van der Waals surface area contributed by atoms with E-state index in [9.17, 15) is 43.2 Å². The number of hydrogen-bond acceptors (Lipinski definition) is 15. The molecule has 0 radical (unpaired) electrons. The normalized spacial score (nSPS) is 14.6. The van der Waals surface area contributed by atoms with E-state index < -0.39 is 97.5 Å². The fourth-order valence-electron chi connectivity index (χ4n) is 12.2. The third-order valence-corrected chi connectivity index (χ3v) is 21.2. The Labute approximate surface area is 607 Å². The van der Waals surface area contributed by atoms with Gasteiger partial charge in [-0.2, -0.15) is 0 Å². The molecule has 0 aliphatic carbocycles. The van der Waals surface area contributed by atoms with E-state index in [-0.39, 0.29) is 25.7 Å². The Hall–Kier alpha value is -1.94. The van der Waals surface area contributed by atoms with E-state index in [1.54, 1.807) is 0 Å². The summed E-state index contributed by atoms with van der Waals surface area (Å²) in [5.41, 5.74) is 0. The Bertz CT molecular complexity index is 1940. The van der Waals surface area contributed by atoms with E-state index in [4.69, 9.17) is 37.0 Å². The molecule has 4 unspecified atom stereocenters. The van der Waals surface area contributed by atoms with E-state index in [1.165, 1.54) is 205 Å². The topological polar surface area (TPSA) is 237 Å². The van der Waals surface area contributed by atoms with Crippen LogP contribution in [0.4, 0.5) is 0 Å². The summed E-state index contributed by atoms with van der Waals surface area (Å²) in [6.07, 6.45) is 55.7. The first kappa shape index (κ1) is 97.1. The van der Waals surface area contributed by atoms with Crippen LogP contribution in [-0.4, -0.2) is 96.7 Å². The van der Waals surface area contributed by atoms with Crippen LogP contribution in [0.5, 0.6) is 0 Å². The number of carbonyl (C=O) groups is 4. The summed E-state index contributed by atoms with van der Waals surface area (Å²) in [5, 5.41) is 10.6. The van der Waals surface area contributed by atoms with Crippen molar-refractivity contribution in [2.75, 3.05) is 39.6 Å². The van der Waals surface area contributed by atoms with E-state index in [0.717, 1.165) is 120 Å². The van der Waals surface area contributed by atoms with Crippen molar-refractivity contribution in [1.82, 2.24) is 0 Å². The number of esters is 4. The number of aliphatic hydroxyl groups excluding tert-OH is 1. The molecule has 17 nitrogen and oxygen atoms in total. The first-order valence-electron chi connectivity index (χ1n) is 41.3. The first-order chi connectivity index (χ1) is 47.7. The molecule has 0 saturated carbocycles. The van der Waals surface area contributed by atoms with Crippen LogP contribution in [0.3, 0.4) is 0 Å². The van der Waals surface area contributed by atoms with Gasteiger partial charge >= 0.3 is 39.5 Å². The molecule has 0 rings (SSSR count). The molecule has 0 aromatic heterocycles. The van der Waals surface area contributed by atoms with Crippen molar-refractivity contribution >= 4 is 39.5 Å². The molecule has 0 spiro atoms. The lowest BCUT2D eigenvalue weighted by Gasteiger charge is -2.21. The van der Waals surface area contributed by atoms with Gasteiger partial charge in [0.1, 0.15) is 19.3 Å². The second kappa shape index (κ2) is 69.1. The molecule has 0 bridgehead atoms. The molecule has 0 aliphatic rings. The standard InChI is InChI=1S/C80H156O17P2/c1-9-72(7)58-50-42-34-27-23-19-15-13-11-12-14-16-20-25-29-36-46-54-62-79(84)96-76(67-91-78(83)61-53-45-39-38-43-51-59-73(8)10-2)69-95-99(88,89)93-65-74(81)64-92-98(86,87)94-68-75(97-80(85)63-55-47-37-31-30-33-41-49-57-71(5)6)66-90-77(82)60-52-44-35-28-24-21-17-18-22-26-32-40-48-56-70(3)4/h70-76,81H,9-69H2,1-8H3,(H,86,87)(H,88,89)/t72?,73?,74-,75-,76-/m1/s1. The molecule has 19 heteroatoms. The summed E-state index contributed by atoms with van der Waals surface area (Å²) >= 11 is 0. The summed E-state index contributed by atoms with van der Waals surface area (Å²) < 4.78 is 68.6. The van der Waals surface area contributed by atoms with Gasteiger partial charge in [0.2, 0.25) is 0 Å². The van der Waals surface area contributed by atoms with Crippen molar-refractivity contribution < 1.29 is 80.2 Å². The predicted octanol–water partition coefficient (Wildman–Crippen LogP) is 23.6. The Balaban J connectivity index is 5.17. The molecule has 3 N–H and O–H groups in total. The molecule has 0 heterocycles. The Morgan fingerprint density at radius 3 is 0.717 bits per heavy atom. The average Bonchev–Trinajstić information content (AvgIpc) is 0.977. The molecule has 0 saturated heterocycles. The van der Waals surface area contributed by atoms with Gasteiger partial charge in [0.05, 0.1) is 26.4 Å². The third kappa shape index (κ3) is 71.5. The van der Waals surface area contributed by atoms with E-state index in [2.05, 4.69) is 55.4 Å². The van der Waals surface area contributed by atoms with Crippen molar-refractivity contribution in [2.45, 2.75) is 427 Å². The lowest BCUT2D eigenvalue weighted by atomic mass is 9.99. The molecule has 0 aromatic carbocycles. The number of phosphoric ester groups is 2. The van der Waals surface area contributed by atoms with Gasteiger partial charge in [0.25, 0.3) is 0 Å². The molecule has 99 heavy (non-hydrogen) atoms. The SMILES string of the molecule is CCC(C)CCCCCCCCCCCCCCCCCCCCC(=O)O[C@H](COC(=O)CCCCCCCCC(C)CC)COP(=O)(O)OC[C@H](O)COP(=O)(O)OC[C@@H](COC(=O)CCCCCCCCCCCCCCCC(C)C)OC(=O)CCCCCCCCCCC(C)C. The second-order valence-corrected chi connectivity index (χ2v) is 33.1. The Morgan fingerprint density at radius 2 is 0.485 bits per heavy atom. The van der Waals surface area contributed by atoms with E-state index in [0.29, 0.717) is 25.7 Å². The first-order valence-corrected chi connectivity index (χ1v) is 44.3. The number of unbranched alkanes of at least 4 members (excludes halogenated alkanes) is 41. The zero-order chi connectivity index (χ0) is 73.1. The second-order valence-electron chi connectivity index (χ2n) is 30.2. The van der Waals surface area contributed by atoms with Crippen LogP contribution >= 0.6 is 15.6 Å². The predicted molar refractivity (Wildman–Crippen MR) is 404 cm³/mol. The fourth-order valence-corrected chi connectivity index (χ4v) is 13.8. The Morgan fingerprint density at radius 1 is 0.283 bits per heavy atom. The molecule has 0 fully saturated rings. The van der Waals surface area contributed by atoms with Gasteiger partial charge in [0, 0.05) is 25.7 Å². The highest BCUT2D eigenvalue weighted by molar-refractivity contribution is 7.47. The van der Waals surface area contributed by atoms with Crippen LogP contribution in [-0.2, 0) is 65.4 Å². The van der Waals surface area contributed by atoms with Crippen LogP contribution in [0.15, 0.2) is 0 Å². The minimum Gasteiger partial charge on any atom is -0.462 e. The lowest BCUT2D eigenvalue weighted by molar-refractivity contribution is -0.161. The number of aliphatic hydroxyl groups is 1. The number of carbonyl (C=O) groups excluding carboxylic acids is 4. The molecule has 7 atom stereocenters. The van der Waals surface area contributed by atoms with Crippen LogP contribution in [0.2, 0.25) is 0 Å². The van der Waals surface area contributed by atoms with Gasteiger partial charge in [-0.1, -0.05) is 357 Å². The largest absolute Gasteiger partial charge is 0.472 e. The highest BCUT2D eigenvalue weighted by atomic mass is 31.2. The number of phosphoric acid groups is 2. The number of hydrogen-bond donors (Lipinski definition) is 3. The average molecular weight is 1450 g/mol. The zero-order valence-corrected chi connectivity index (χ0v) is 66.9. The van der Waals surface area contributed by atoms with Crippen LogP contribution in [0.1, 0.15) is 409 Å². The van der Waals surface area contributed by atoms with Crippen molar-refractivity contribution in [1.29, 1.82) is 0 Å². The van der Waals surface area contributed by atoms with Gasteiger partial charge < -0.3 is 33.8 Å². The summed E-state index contributed by atoms with van der Waals surface area (Å²) in [5.74, 6) is 0.992. The maximum Gasteiger partial charge on any atom is 0.472 e. The van der Waals surface area contributed by atoms with Crippen molar-refractivity contribution in [2.24, 2.45) is 23.7 Å². The molecule has 0 aliphatic heterocycles. The molecule has 0 amide bonds. The maximum absolute atomic E-state index is 13.1. The van der Waals surface area contributed by atoms with Gasteiger partial charge in [0.15, 0.2) is 12.2 Å². The summed E-state index contributed by atoms with van der Waals surface area (Å²) in [7, 11) is -9.92. The maximum atomic E-state index is 13.1. The highest BCUT2D eigenvalue weighted by Gasteiger charge is 2.30. The highest BCUT2D eigenvalue weighted by Crippen LogP contribution is 2.45. The summed E-state index contributed by atoms with van der Waals surface area (Å²) in [4.78, 5) is 72.9. The minimum absolute atomic E-state index is 0.104. The van der Waals surface area contributed by atoms with Crippen LogP contribution in [0, 0.1) is 23.7 Å². The minimum atomic E-state index is -4.96. The molecule has 0 aromatic rings. The van der Waals surface area contributed by atoms with E-state index in [1.807, 2.05) is 0 Å². The smallest absolute Gasteiger partial charge is 0.462 e. The molecular formula is C80H156O17P2. The van der Waals surface area contributed by atoms with Crippen LogP contribution in [0.25, 0.3) is 0 Å². The van der Waals surface area contributed by atoms with Gasteiger partial charge in [-0.3, -0.25) is 37.3 Å². The van der Waals surface area contributed by atoms with Gasteiger partial charge in [-0.25, -0.2) is 9.13 Å². The monoisotopic (exact) mass is 1450 g/mol. The fraction of sp³-hybridized carbons (Fsp3) is 0.950. The summed E-state index contributed by atoms with van der Waals surface area (Å²) in [6, 6.07) is 0. The van der Waals surface area contributed by atoms with Crippen molar-refractivity contribution in [3.63, 3.8) is 0 Å². The third-order valence-electron chi connectivity index (χ3n) is 19.3. The lowest BCUT2D eigenvalue weighted by Crippen LogP contribution is -2.30. The summed E-state index contributed by atoms with van der Waals surface area (Å²) in [6.45, 7) is 14.2. The quantitative estimate of drug-likeness (QED) is 0.0222. The molecular weight excluding hydrogens is 1290 g/mol. The molecule has 588 valence electrons. The van der Waals surface area contributed by atoms with E-state index >= 15 is 0 Å². The van der Waals surface area contributed by atoms with Gasteiger partial charge in [-0.15, -0.1) is 0 Å². The van der Waals surface area contributed by atoms with Crippen molar-refractivity contribution in [3.05, 3.63) is 0 Å². The number of ether oxygens (including phenoxy) is 4. The van der Waals surface area contributed by atoms with Crippen LogP contribution < -0.4 is 0 Å². The Kier molecular flexibility index (Phi) is 67.8. The zero-order valence-electron chi connectivity index (χ0n) is 65.1. The van der Waals surface area contributed by atoms with Crippen molar-refractivity contribution in [3.8, 4) is 0 Å². The number of rotatable bonds is 77.